The van der Waals surface area contributed by atoms with E-state index in [4.69, 9.17) is 0 Å². The zero-order chi connectivity index (χ0) is 14.2. The predicted octanol–water partition coefficient (Wildman–Crippen LogP) is 2.13. The van der Waals surface area contributed by atoms with Crippen molar-refractivity contribution in [3.8, 4) is 0 Å². The second-order valence-corrected chi connectivity index (χ2v) is 4.79. The summed E-state index contributed by atoms with van der Waals surface area (Å²) in [5.41, 5.74) is 2.27. The van der Waals surface area contributed by atoms with Gasteiger partial charge >= 0.3 is 0 Å². The summed E-state index contributed by atoms with van der Waals surface area (Å²) in [5, 5.41) is 7.00. The summed E-state index contributed by atoms with van der Waals surface area (Å²) in [4.78, 5) is 15.4. The lowest BCUT2D eigenvalue weighted by atomic mass is 10.1. The first-order chi connectivity index (χ1) is 9.78. The molecule has 5 heteroatoms. The second kappa shape index (κ2) is 7.43. The highest BCUT2D eigenvalue weighted by Gasteiger charge is 2.01. The summed E-state index contributed by atoms with van der Waals surface area (Å²) in [6.45, 7) is 3.39. The smallest absolute Gasteiger partial charge is 0.220 e. The molecule has 2 aromatic rings. The molecule has 0 saturated heterocycles. The van der Waals surface area contributed by atoms with Gasteiger partial charge in [0, 0.05) is 13.0 Å². The molecule has 106 valence electrons. The van der Waals surface area contributed by atoms with Gasteiger partial charge in [-0.15, -0.1) is 0 Å². The Bertz CT molecular complexity index is 519. The number of carbonyl (C=O) groups excluding carboxylic acids is 1. The Morgan fingerprint density at radius 3 is 2.65 bits per heavy atom. The van der Waals surface area contributed by atoms with Gasteiger partial charge in [-0.05, 0) is 17.5 Å². The van der Waals surface area contributed by atoms with Crippen LogP contribution in [0.2, 0.25) is 0 Å². The Morgan fingerprint density at radius 1 is 1.25 bits per heavy atom. The van der Waals surface area contributed by atoms with Crippen LogP contribution in [0, 0.1) is 0 Å². The first-order valence-corrected chi connectivity index (χ1v) is 6.95. The molecule has 1 aromatic heterocycles. The lowest BCUT2D eigenvalue weighted by Crippen LogP contribution is -2.22. The minimum absolute atomic E-state index is 0.124. The van der Waals surface area contributed by atoms with Crippen LogP contribution >= 0.6 is 0 Å². The minimum Gasteiger partial charge on any atom is -0.352 e. The van der Waals surface area contributed by atoms with Crippen molar-refractivity contribution in [1.82, 2.24) is 20.1 Å². The summed E-state index contributed by atoms with van der Waals surface area (Å²) in [6.07, 6.45) is 5.83. The molecule has 1 heterocycles. The summed E-state index contributed by atoms with van der Waals surface area (Å²) in [7, 11) is 0. The molecular weight excluding hydrogens is 252 g/mol. The van der Waals surface area contributed by atoms with Gasteiger partial charge in [0.2, 0.25) is 5.91 Å². The average molecular weight is 272 g/mol. The molecule has 1 aromatic carbocycles. The number of hydrogen-bond acceptors (Lipinski definition) is 3. The zero-order valence-electron chi connectivity index (χ0n) is 11.7. The number of rotatable bonds is 7. The molecule has 0 aliphatic carbocycles. The molecule has 20 heavy (non-hydrogen) atoms. The Hall–Kier alpha value is -2.17. The molecule has 0 radical (unpaired) electrons. The molecule has 0 aliphatic heterocycles. The van der Waals surface area contributed by atoms with Crippen LogP contribution in [0.3, 0.4) is 0 Å². The van der Waals surface area contributed by atoms with Crippen molar-refractivity contribution in [2.75, 3.05) is 0 Å². The lowest BCUT2D eigenvalue weighted by molar-refractivity contribution is -0.121. The van der Waals surface area contributed by atoms with Crippen molar-refractivity contribution in [3.05, 3.63) is 48.0 Å². The number of amides is 1. The maximum Gasteiger partial charge on any atom is 0.220 e. The van der Waals surface area contributed by atoms with E-state index in [1.807, 2.05) is 12.1 Å². The van der Waals surface area contributed by atoms with Gasteiger partial charge in [0.15, 0.2) is 0 Å². The van der Waals surface area contributed by atoms with Crippen LogP contribution in [0.4, 0.5) is 0 Å². The zero-order valence-corrected chi connectivity index (χ0v) is 11.7. The predicted molar refractivity (Wildman–Crippen MR) is 76.9 cm³/mol. The van der Waals surface area contributed by atoms with E-state index in [2.05, 4.69) is 34.5 Å². The molecule has 2 rings (SSSR count). The number of carbonyl (C=O) groups is 1. The number of unbranched alkanes of at least 4 members (excludes halogenated alkanes) is 1. The molecule has 0 saturated carbocycles. The maximum absolute atomic E-state index is 11.5. The van der Waals surface area contributed by atoms with Crippen LogP contribution < -0.4 is 5.32 Å². The third-order valence-corrected chi connectivity index (χ3v) is 3.08. The fraction of sp³-hybridized carbons (Fsp3) is 0.400. The summed E-state index contributed by atoms with van der Waals surface area (Å²) in [6, 6.07) is 8.17. The first kappa shape index (κ1) is 14.2. The van der Waals surface area contributed by atoms with Gasteiger partial charge in [0.05, 0.1) is 6.54 Å². The van der Waals surface area contributed by atoms with Gasteiger partial charge in [0.25, 0.3) is 0 Å². The summed E-state index contributed by atoms with van der Waals surface area (Å²) >= 11 is 0. The SMILES string of the molecule is CCCCC(=O)NCc1ccc(Cn2cncn2)cc1. The summed E-state index contributed by atoms with van der Waals surface area (Å²) in [5.74, 6) is 0.124. The molecular formula is C15H20N4O. The van der Waals surface area contributed by atoms with Crippen molar-refractivity contribution >= 4 is 5.91 Å². The largest absolute Gasteiger partial charge is 0.352 e. The van der Waals surface area contributed by atoms with Gasteiger partial charge in [-0.2, -0.15) is 5.10 Å². The third-order valence-electron chi connectivity index (χ3n) is 3.08. The van der Waals surface area contributed by atoms with Gasteiger partial charge in [-0.3, -0.25) is 4.79 Å². The molecule has 0 atom stereocenters. The first-order valence-electron chi connectivity index (χ1n) is 6.95. The van der Waals surface area contributed by atoms with Crippen molar-refractivity contribution < 1.29 is 4.79 Å². The highest BCUT2D eigenvalue weighted by atomic mass is 16.1. The van der Waals surface area contributed by atoms with E-state index in [1.165, 1.54) is 6.33 Å². The van der Waals surface area contributed by atoms with Crippen molar-refractivity contribution in [3.63, 3.8) is 0 Å². The van der Waals surface area contributed by atoms with Crippen LogP contribution in [0.1, 0.15) is 37.3 Å². The van der Waals surface area contributed by atoms with E-state index < -0.39 is 0 Å². The van der Waals surface area contributed by atoms with Crippen LogP contribution in [-0.4, -0.2) is 20.7 Å². The van der Waals surface area contributed by atoms with E-state index in [0.717, 1.165) is 24.0 Å². The highest BCUT2D eigenvalue weighted by molar-refractivity contribution is 5.75. The Kier molecular flexibility index (Phi) is 5.29. The molecule has 0 aliphatic rings. The van der Waals surface area contributed by atoms with E-state index >= 15 is 0 Å². The monoisotopic (exact) mass is 272 g/mol. The average Bonchev–Trinajstić information content (AvgIpc) is 2.97. The number of hydrogen-bond donors (Lipinski definition) is 1. The van der Waals surface area contributed by atoms with E-state index in [0.29, 0.717) is 19.5 Å². The van der Waals surface area contributed by atoms with Gasteiger partial charge in [-0.25, -0.2) is 9.67 Å². The number of benzene rings is 1. The molecule has 0 bridgehead atoms. The van der Waals surface area contributed by atoms with E-state index in [1.54, 1.807) is 11.0 Å². The topological polar surface area (TPSA) is 59.8 Å². The minimum atomic E-state index is 0.124. The van der Waals surface area contributed by atoms with Gasteiger partial charge in [0.1, 0.15) is 12.7 Å². The Morgan fingerprint density at radius 2 is 2.00 bits per heavy atom. The molecule has 1 amide bonds. The molecule has 0 unspecified atom stereocenters. The fourth-order valence-electron chi connectivity index (χ4n) is 1.89. The molecule has 0 fully saturated rings. The fourth-order valence-corrected chi connectivity index (χ4v) is 1.89. The second-order valence-electron chi connectivity index (χ2n) is 4.79. The number of aromatic nitrogens is 3. The number of nitrogens with one attached hydrogen (secondary N) is 1. The van der Waals surface area contributed by atoms with Crippen molar-refractivity contribution in [2.24, 2.45) is 0 Å². The maximum atomic E-state index is 11.5. The lowest BCUT2D eigenvalue weighted by Gasteiger charge is -2.06. The van der Waals surface area contributed by atoms with Gasteiger partial charge < -0.3 is 5.32 Å². The molecule has 0 spiro atoms. The quantitative estimate of drug-likeness (QED) is 0.840. The third kappa shape index (κ3) is 4.50. The Labute approximate surface area is 119 Å². The van der Waals surface area contributed by atoms with Crippen LogP contribution in [0.5, 0.6) is 0 Å². The van der Waals surface area contributed by atoms with E-state index in [9.17, 15) is 4.79 Å². The van der Waals surface area contributed by atoms with Crippen LogP contribution in [0.15, 0.2) is 36.9 Å². The number of nitrogens with zero attached hydrogens (tertiary/aromatic N) is 3. The standard InChI is InChI=1S/C15H20N4O/c1-2-3-4-15(20)17-9-13-5-7-14(8-6-13)10-19-12-16-11-18-19/h5-8,11-12H,2-4,9-10H2,1H3,(H,17,20). The van der Waals surface area contributed by atoms with Crippen LogP contribution in [0.25, 0.3) is 0 Å². The van der Waals surface area contributed by atoms with Gasteiger partial charge in [-0.1, -0.05) is 37.6 Å². The van der Waals surface area contributed by atoms with Crippen molar-refractivity contribution in [1.29, 1.82) is 0 Å². The molecule has 1 N–H and O–H groups in total. The van der Waals surface area contributed by atoms with E-state index in [-0.39, 0.29) is 5.91 Å². The normalized spacial score (nSPS) is 10.4. The van der Waals surface area contributed by atoms with Crippen LogP contribution in [-0.2, 0) is 17.9 Å². The molecule has 5 nitrogen and oxygen atoms in total. The summed E-state index contributed by atoms with van der Waals surface area (Å²) < 4.78 is 1.78. The highest BCUT2D eigenvalue weighted by Crippen LogP contribution is 2.06. The van der Waals surface area contributed by atoms with Crippen molar-refractivity contribution in [2.45, 2.75) is 39.3 Å². The Balaban J connectivity index is 1.81.